The fourth-order valence-corrected chi connectivity index (χ4v) is 2.83. The average Bonchev–Trinajstić information content (AvgIpc) is 2.53. The number of methoxy groups -OCH3 is 1. The Kier molecular flexibility index (Phi) is 5.95. The third kappa shape index (κ3) is 4.07. The lowest BCUT2D eigenvalue weighted by Crippen LogP contribution is -2.50. The highest BCUT2D eigenvalue weighted by atomic mass is 16.5. The first-order valence-corrected chi connectivity index (χ1v) is 7.84. The van der Waals surface area contributed by atoms with E-state index in [1.165, 1.54) is 0 Å². The summed E-state index contributed by atoms with van der Waals surface area (Å²) in [5, 5.41) is 3.77. The number of hydrogen-bond donors (Lipinski definition) is 0. The van der Waals surface area contributed by atoms with Gasteiger partial charge in [0.25, 0.3) is 0 Å². The SMILES string of the molecule is CCN1C(=O)CCCN1CCC(=O)Cc1ccccc1OC. The van der Waals surface area contributed by atoms with E-state index in [0.717, 1.165) is 24.3 Å². The van der Waals surface area contributed by atoms with Gasteiger partial charge in [-0.2, -0.15) is 0 Å². The summed E-state index contributed by atoms with van der Waals surface area (Å²) >= 11 is 0. The zero-order valence-corrected chi connectivity index (χ0v) is 13.4. The predicted octanol–water partition coefficient (Wildman–Crippen LogP) is 2.06. The van der Waals surface area contributed by atoms with Gasteiger partial charge in [-0.1, -0.05) is 18.2 Å². The van der Waals surface area contributed by atoms with E-state index in [9.17, 15) is 9.59 Å². The van der Waals surface area contributed by atoms with E-state index in [-0.39, 0.29) is 11.7 Å². The van der Waals surface area contributed by atoms with Crippen LogP contribution in [0, 0.1) is 0 Å². The number of para-hydroxylation sites is 1. The highest BCUT2D eigenvalue weighted by molar-refractivity contribution is 5.82. The van der Waals surface area contributed by atoms with Gasteiger partial charge in [0.2, 0.25) is 5.91 Å². The van der Waals surface area contributed by atoms with E-state index >= 15 is 0 Å². The van der Waals surface area contributed by atoms with E-state index in [1.807, 2.05) is 36.2 Å². The fraction of sp³-hybridized carbons (Fsp3) is 0.529. The lowest BCUT2D eigenvalue weighted by atomic mass is 10.1. The number of rotatable bonds is 7. The Morgan fingerprint density at radius 3 is 2.82 bits per heavy atom. The molecule has 120 valence electrons. The maximum absolute atomic E-state index is 12.2. The molecule has 5 heteroatoms. The molecule has 1 fully saturated rings. The van der Waals surface area contributed by atoms with Crippen LogP contribution in [0.3, 0.4) is 0 Å². The van der Waals surface area contributed by atoms with Crippen LogP contribution in [0.4, 0.5) is 0 Å². The van der Waals surface area contributed by atoms with Crippen molar-refractivity contribution in [1.29, 1.82) is 0 Å². The van der Waals surface area contributed by atoms with Crippen LogP contribution in [0.25, 0.3) is 0 Å². The largest absolute Gasteiger partial charge is 0.496 e. The van der Waals surface area contributed by atoms with Gasteiger partial charge in [0.05, 0.1) is 7.11 Å². The number of nitrogens with zero attached hydrogens (tertiary/aromatic N) is 2. The Morgan fingerprint density at radius 2 is 2.09 bits per heavy atom. The van der Waals surface area contributed by atoms with Crippen molar-refractivity contribution in [2.24, 2.45) is 0 Å². The first-order valence-electron chi connectivity index (χ1n) is 7.84. The van der Waals surface area contributed by atoms with Crippen LogP contribution in [-0.4, -0.2) is 48.5 Å². The van der Waals surface area contributed by atoms with Crippen molar-refractivity contribution >= 4 is 11.7 Å². The molecule has 0 radical (unpaired) electrons. The number of carbonyl (C=O) groups excluding carboxylic acids is 2. The minimum Gasteiger partial charge on any atom is -0.496 e. The second-order valence-corrected chi connectivity index (χ2v) is 5.44. The lowest BCUT2D eigenvalue weighted by molar-refractivity contribution is -0.155. The quantitative estimate of drug-likeness (QED) is 0.773. The molecule has 22 heavy (non-hydrogen) atoms. The van der Waals surface area contributed by atoms with E-state index in [1.54, 1.807) is 12.1 Å². The normalized spacial score (nSPS) is 15.9. The molecule has 1 aromatic rings. The third-order valence-electron chi connectivity index (χ3n) is 3.96. The van der Waals surface area contributed by atoms with Crippen molar-refractivity contribution in [3.63, 3.8) is 0 Å². The second kappa shape index (κ2) is 7.94. The van der Waals surface area contributed by atoms with Crippen molar-refractivity contribution < 1.29 is 14.3 Å². The molecule has 0 N–H and O–H groups in total. The van der Waals surface area contributed by atoms with Gasteiger partial charge in [-0.25, -0.2) is 5.01 Å². The van der Waals surface area contributed by atoms with Crippen molar-refractivity contribution in [3.05, 3.63) is 29.8 Å². The Labute approximate surface area is 131 Å². The summed E-state index contributed by atoms with van der Waals surface area (Å²) in [6.45, 7) is 4.08. The topological polar surface area (TPSA) is 49.9 Å². The fourth-order valence-electron chi connectivity index (χ4n) is 2.83. The maximum Gasteiger partial charge on any atom is 0.236 e. The number of carbonyl (C=O) groups is 2. The second-order valence-electron chi connectivity index (χ2n) is 5.44. The Balaban J connectivity index is 1.88. The van der Waals surface area contributed by atoms with Gasteiger partial charge >= 0.3 is 0 Å². The molecule has 5 nitrogen and oxygen atoms in total. The molecule has 0 aromatic heterocycles. The molecule has 0 aliphatic carbocycles. The van der Waals surface area contributed by atoms with Crippen LogP contribution in [0.1, 0.15) is 31.7 Å². The molecule has 1 heterocycles. The minimum absolute atomic E-state index is 0.158. The van der Waals surface area contributed by atoms with Crippen molar-refractivity contribution in [1.82, 2.24) is 10.0 Å². The zero-order chi connectivity index (χ0) is 15.9. The number of ether oxygens (including phenoxy) is 1. The van der Waals surface area contributed by atoms with Crippen molar-refractivity contribution in [2.75, 3.05) is 26.7 Å². The summed E-state index contributed by atoms with van der Waals surface area (Å²) in [6.07, 6.45) is 2.30. The van der Waals surface area contributed by atoms with Gasteiger partial charge in [0, 0.05) is 44.5 Å². The summed E-state index contributed by atoms with van der Waals surface area (Å²) < 4.78 is 5.27. The van der Waals surface area contributed by atoms with E-state index in [4.69, 9.17) is 4.74 Å². The molecule has 1 aromatic carbocycles. The molecule has 0 saturated carbocycles. The van der Waals surface area contributed by atoms with Gasteiger partial charge in [0.1, 0.15) is 11.5 Å². The molecule has 0 spiro atoms. The molecule has 0 atom stereocenters. The Hall–Kier alpha value is -1.88. The van der Waals surface area contributed by atoms with Gasteiger partial charge in [0.15, 0.2) is 0 Å². The molecule has 1 saturated heterocycles. The highest BCUT2D eigenvalue weighted by Gasteiger charge is 2.24. The molecule has 1 aliphatic heterocycles. The molecular weight excluding hydrogens is 280 g/mol. The number of Topliss-reactive ketones (excluding diaryl/α,β-unsaturated/α-hetero) is 1. The maximum atomic E-state index is 12.2. The standard InChI is InChI=1S/C17H24N2O3/c1-3-19-17(21)9-6-11-18(19)12-10-15(20)13-14-7-4-5-8-16(14)22-2/h4-5,7-8H,3,6,9-13H2,1-2H3. The summed E-state index contributed by atoms with van der Waals surface area (Å²) in [5.74, 6) is 1.07. The summed E-state index contributed by atoms with van der Waals surface area (Å²) in [5.41, 5.74) is 0.914. The molecule has 2 rings (SSSR count). The molecule has 1 amide bonds. The predicted molar refractivity (Wildman–Crippen MR) is 84.5 cm³/mol. The van der Waals surface area contributed by atoms with Gasteiger partial charge < -0.3 is 4.74 Å². The zero-order valence-electron chi connectivity index (χ0n) is 13.4. The van der Waals surface area contributed by atoms with E-state index < -0.39 is 0 Å². The van der Waals surface area contributed by atoms with Gasteiger partial charge in [-0.05, 0) is 19.4 Å². The van der Waals surface area contributed by atoms with Crippen LogP contribution >= 0.6 is 0 Å². The minimum atomic E-state index is 0.158. The highest BCUT2D eigenvalue weighted by Crippen LogP contribution is 2.19. The van der Waals surface area contributed by atoms with Crippen LogP contribution in [-0.2, 0) is 16.0 Å². The summed E-state index contributed by atoms with van der Waals surface area (Å²) in [4.78, 5) is 24.1. The molecule has 0 bridgehead atoms. The molecular formula is C17H24N2O3. The van der Waals surface area contributed by atoms with Gasteiger partial charge in [-0.3, -0.25) is 14.6 Å². The Morgan fingerprint density at radius 1 is 1.32 bits per heavy atom. The Bertz CT molecular complexity index is 530. The number of hydrogen-bond acceptors (Lipinski definition) is 4. The van der Waals surface area contributed by atoms with Crippen LogP contribution in [0.15, 0.2) is 24.3 Å². The van der Waals surface area contributed by atoms with Crippen LogP contribution in [0.2, 0.25) is 0 Å². The number of hydrazine groups is 1. The molecule has 0 unspecified atom stereocenters. The van der Waals surface area contributed by atoms with Crippen molar-refractivity contribution in [2.45, 2.75) is 32.6 Å². The van der Waals surface area contributed by atoms with Crippen LogP contribution < -0.4 is 4.74 Å². The monoisotopic (exact) mass is 304 g/mol. The third-order valence-corrected chi connectivity index (χ3v) is 3.96. The summed E-state index contributed by atoms with van der Waals surface area (Å²) in [6, 6.07) is 7.59. The first-order chi connectivity index (χ1) is 10.7. The average molecular weight is 304 g/mol. The van der Waals surface area contributed by atoms with Crippen molar-refractivity contribution in [3.8, 4) is 5.75 Å². The van der Waals surface area contributed by atoms with Crippen LogP contribution in [0.5, 0.6) is 5.75 Å². The number of benzene rings is 1. The lowest BCUT2D eigenvalue weighted by Gasteiger charge is -2.37. The van der Waals surface area contributed by atoms with E-state index in [2.05, 4.69) is 0 Å². The summed E-state index contributed by atoms with van der Waals surface area (Å²) in [7, 11) is 1.61. The number of amides is 1. The van der Waals surface area contributed by atoms with E-state index in [0.29, 0.717) is 32.4 Å². The molecule has 1 aliphatic rings. The smallest absolute Gasteiger partial charge is 0.236 e. The first kappa shape index (κ1) is 16.5. The van der Waals surface area contributed by atoms with Gasteiger partial charge in [-0.15, -0.1) is 0 Å². The number of ketones is 1.